The van der Waals surface area contributed by atoms with E-state index in [9.17, 15) is 14.4 Å². The molecule has 4 N–H and O–H groups in total. The molecule has 0 aromatic rings. The highest BCUT2D eigenvalue weighted by atomic mass is 79.9. The predicted octanol–water partition coefficient (Wildman–Crippen LogP) is 0.819. The first kappa shape index (κ1) is 17.0. The Morgan fingerprint density at radius 2 is 1.27 bits per heavy atom. The molecule has 0 fully saturated rings. The fraction of sp³-hybridized carbons (Fsp3) is 0.625. The van der Waals surface area contributed by atoms with Crippen LogP contribution in [0.2, 0.25) is 0 Å². The van der Waals surface area contributed by atoms with Gasteiger partial charge in [0.1, 0.15) is 0 Å². The lowest BCUT2D eigenvalue weighted by molar-refractivity contribution is -0.123. The highest BCUT2D eigenvalue weighted by Crippen LogP contribution is 2.19. The molecule has 0 unspecified atom stereocenters. The lowest BCUT2D eigenvalue weighted by Gasteiger charge is -2.06. The molecule has 0 bridgehead atoms. The number of nitrogens with two attached hydrogens (primary N) is 2. The monoisotopic (exact) mass is 344 g/mol. The quantitative estimate of drug-likeness (QED) is 0.582. The molecule has 0 rings (SSSR count). The largest absolute Gasteiger partial charge is 0.370 e. The van der Waals surface area contributed by atoms with E-state index in [1.165, 1.54) is 0 Å². The summed E-state index contributed by atoms with van der Waals surface area (Å²) in [5.74, 6) is -0.993. The highest BCUT2D eigenvalue weighted by Gasteiger charge is 2.19. The lowest BCUT2D eigenvalue weighted by atomic mass is 10.3. The van der Waals surface area contributed by atoms with Crippen molar-refractivity contribution < 1.29 is 14.4 Å². The first-order valence-corrected chi connectivity index (χ1v) is 5.61. The Labute approximate surface area is 105 Å². The van der Waals surface area contributed by atoms with Gasteiger partial charge >= 0.3 is 0 Å². The van der Waals surface area contributed by atoms with E-state index in [0.717, 1.165) is 0 Å². The lowest BCUT2D eigenvalue weighted by Crippen LogP contribution is -2.17. The van der Waals surface area contributed by atoms with Crippen LogP contribution in [0.1, 0.15) is 26.7 Å². The van der Waals surface area contributed by atoms with Crippen molar-refractivity contribution in [3.05, 3.63) is 0 Å². The van der Waals surface area contributed by atoms with E-state index in [1.807, 2.05) is 0 Å². The van der Waals surface area contributed by atoms with E-state index in [4.69, 9.17) is 11.5 Å². The normalized spacial score (nSPS) is 9.87. The zero-order chi connectivity index (χ0) is 12.6. The smallest absolute Gasteiger partial charge is 0.217 e. The third kappa shape index (κ3) is 16.3. The van der Waals surface area contributed by atoms with E-state index in [1.54, 1.807) is 13.8 Å². The number of carbonyl (C=O) groups excluding carboxylic acids is 3. The van der Waals surface area contributed by atoms with E-state index in [2.05, 4.69) is 31.9 Å². The summed E-state index contributed by atoms with van der Waals surface area (Å²) >= 11 is 5.96. The topological polar surface area (TPSA) is 103 Å². The molecule has 0 aliphatic carbocycles. The zero-order valence-electron chi connectivity index (χ0n) is 8.55. The van der Waals surface area contributed by atoms with Gasteiger partial charge in [0.2, 0.25) is 16.5 Å². The van der Waals surface area contributed by atoms with Crippen molar-refractivity contribution >= 4 is 48.4 Å². The minimum Gasteiger partial charge on any atom is -0.370 e. The van der Waals surface area contributed by atoms with Gasteiger partial charge in [0.05, 0.1) is 4.32 Å². The van der Waals surface area contributed by atoms with Crippen LogP contribution in [0.25, 0.3) is 0 Å². The number of halogens is 2. The van der Waals surface area contributed by atoms with E-state index < -0.39 is 16.1 Å². The molecule has 0 saturated heterocycles. The van der Waals surface area contributed by atoms with Gasteiger partial charge in [-0.3, -0.25) is 14.4 Å². The second-order valence-electron chi connectivity index (χ2n) is 3.18. The molecule has 88 valence electrons. The molecule has 0 aromatic carbocycles. The Hall–Kier alpha value is -0.430. The van der Waals surface area contributed by atoms with Gasteiger partial charge in [-0.1, -0.05) is 15.9 Å². The van der Waals surface area contributed by atoms with Crippen molar-refractivity contribution in [2.45, 2.75) is 31.0 Å². The molecular weight excluding hydrogens is 332 g/mol. The van der Waals surface area contributed by atoms with Gasteiger partial charge in [0, 0.05) is 12.8 Å². The molecule has 0 atom stereocenters. The molecule has 0 spiro atoms. The SMILES string of the molecule is CC(C)(Br)C(=O)Br.NC(=O)CCC(N)=O. The van der Waals surface area contributed by atoms with Gasteiger partial charge in [0.15, 0.2) is 0 Å². The van der Waals surface area contributed by atoms with Crippen LogP contribution in [0.5, 0.6) is 0 Å². The van der Waals surface area contributed by atoms with Gasteiger partial charge in [-0.2, -0.15) is 0 Å². The third-order valence-electron chi connectivity index (χ3n) is 1.09. The molecular formula is C8H14Br2N2O3. The van der Waals surface area contributed by atoms with Crippen molar-refractivity contribution in [3.63, 3.8) is 0 Å². The summed E-state index contributed by atoms with van der Waals surface area (Å²) in [5.41, 5.74) is 9.39. The second kappa shape index (κ2) is 7.81. The first-order valence-electron chi connectivity index (χ1n) is 4.02. The molecule has 7 heteroatoms. The Bertz CT molecular complexity index is 235. The molecule has 0 radical (unpaired) electrons. The van der Waals surface area contributed by atoms with E-state index >= 15 is 0 Å². The Morgan fingerprint density at radius 3 is 1.33 bits per heavy atom. The van der Waals surface area contributed by atoms with E-state index in [-0.39, 0.29) is 17.5 Å². The van der Waals surface area contributed by atoms with Crippen molar-refractivity contribution in [2.24, 2.45) is 11.5 Å². The zero-order valence-corrected chi connectivity index (χ0v) is 11.7. The van der Waals surface area contributed by atoms with E-state index in [0.29, 0.717) is 0 Å². The average molecular weight is 346 g/mol. The number of primary amides is 2. The summed E-state index contributed by atoms with van der Waals surface area (Å²) in [6, 6.07) is 0. The second-order valence-corrected chi connectivity index (χ2v) is 5.88. The molecule has 2 amide bonds. The van der Waals surface area contributed by atoms with Crippen molar-refractivity contribution in [1.29, 1.82) is 0 Å². The Balaban J connectivity index is 0. The van der Waals surface area contributed by atoms with Gasteiger partial charge in [-0.15, -0.1) is 0 Å². The number of alkyl halides is 1. The molecule has 0 heterocycles. The number of rotatable bonds is 4. The molecule has 0 saturated carbocycles. The van der Waals surface area contributed by atoms with Crippen LogP contribution in [0.3, 0.4) is 0 Å². The number of carbonyl (C=O) groups is 3. The van der Waals surface area contributed by atoms with Crippen LogP contribution in [-0.2, 0) is 14.4 Å². The molecule has 0 aliphatic rings. The van der Waals surface area contributed by atoms with Crippen LogP contribution in [0.4, 0.5) is 0 Å². The number of hydrogen-bond donors (Lipinski definition) is 2. The maximum absolute atomic E-state index is 10.3. The first-order chi connectivity index (χ1) is 6.57. The number of amides is 2. The van der Waals surface area contributed by atoms with Crippen LogP contribution < -0.4 is 11.5 Å². The summed E-state index contributed by atoms with van der Waals surface area (Å²) in [4.78, 5) is 30.2. The standard InChI is InChI=1S/C4H6Br2O.C4H8N2O2/c1-4(2,6)3(5)7;5-3(7)1-2-4(6)8/h1-2H3;1-2H2,(H2,5,7)(H2,6,8). The molecule has 0 aliphatic heterocycles. The van der Waals surface area contributed by atoms with Crippen molar-refractivity contribution in [3.8, 4) is 0 Å². The third-order valence-corrected chi connectivity index (χ3v) is 2.97. The minimum atomic E-state index is -0.496. The molecule has 0 aromatic heterocycles. The summed E-state index contributed by atoms with van der Waals surface area (Å²) in [6.07, 6.45) is 0.102. The van der Waals surface area contributed by atoms with Crippen LogP contribution in [-0.4, -0.2) is 20.8 Å². The number of hydrogen-bond acceptors (Lipinski definition) is 3. The highest BCUT2D eigenvalue weighted by molar-refractivity contribution is 9.20. The van der Waals surface area contributed by atoms with Gasteiger partial charge < -0.3 is 11.5 Å². The maximum atomic E-state index is 10.3. The molecule has 5 nitrogen and oxygen atoms in total. The summed E-state index contributed by atoms with van der Waals surface area (Å²) in [7, 11) is 0. The van der Waals surface area contributed by atoms with Gasteiger partial charge in [-0.05, 0) is 29.8 Å². The van der Waals surface area contributed by atoms with Gasteiger partial charge in [-0.25, -0.2) is 0 Å². The maximum Gasteiger partial charge on any atom is 0.217 e. The summed E-state index contributed by atoms with van der Waals surface area (Å²) < 4.78 is -0.437. The fourth-order valence-electron chi connectivity index (χ4n) is 0.246. The minimum absolute atomic E-state index is 0.0278. The van der Waals surface area contributed by atoms with Gasteiger partial charge in [0.25, 0.3) is 0 Å². The van der Waals surface area contributed by atoms with Crippen molar-refractivity contribution in [2.75, 3.05) is 0 Å². The van der Waals surface area contributed by atoms with Crippen LogP contribution in [0.15, 0.2) is 0 Å². The molecule has 15 heavy (non-hydrogen) atoms. The average Bonchev–Trinajstić information content (AvgIpc) is 2.00. The van der Waals surface area contributed by atoms with Crippen LogP contribution in [0, 0.1) is 0 Å². The van der Waals surface area contributed by atoms with Crippen LogP contribution >= 0.6 is 31.9 Å². The fourth-order valence-corrected chi connectivity index (χ4v) is 0.246. The Morgan fingerprint density at radius 1 is 1.07 bits per heavy atom. The predicted molar refractivity (Wildman–Crippen MR) is 64.6 cm³/mol. The summed E-state index contributed by atoms with van der Waals surface area (Å²) in [6.45, 7) is 3.56. The summed E-state index contributed by atoms with van der Waals surface area (Å²) in [5, 5.41) is 0. The van der Waals surface area contributed by atoms with Crippen molar-refractivity contribution in [1.82, 2.24) is 0 Å². The Kier molecular flexibility index (Phi) is 8.84.